The minimum absolute atomic E-state index is 0.361. The normalized spacial score (nSPS) is 14.2. The number of fused-ring (bicyclic) bond motifs is 1. The smallest absolute Gasteiger partial charge is 0.123 e. The third kappa shape index (κ3) is 2.51. The van der Waals surface area contributed by atoms with Crippen molar-refractivity contribution in [2.24, 2.45) is 0 Å². The Bertz CT molecular complexity index is 797. The highest BCUT2D eigenvalue weighted by atomic mass is 19.1. The van der Waals surface area contributed by atoms with Crippen LogP contribution >= 0.6 is 0 Å². The Kier molecular flexibility index (Phi) is 3.96. The van der Waals surface area contributed by atoms with Crippen LogP contribution < -0.4 is 0 Å². The molecule has 22 heavy (non-hydrogen) atoms. The van der Waals surface area contributed by atoms with Gasteiger partial charge in [-0.3, -0.25) is 0 Å². The van der Waals surface area contributed by atoms with Gasteiger partial charge >= 0.3 is 0 Å². The lowest BCUT2D eigenvalue weighted by atomic mass is 10.0. The molecule has 4 heteroatoms. The lowest BCUT2D eigenvalue weighted by Gasteiger charge is -2.25. The first kappa shape index (κ1) is 14.8. The highest BCUT2D eigenvalue weighted by Crippen LogP contribution is 2.29. The van der Waals surface area contributed by atoms with Crippen LogP contribution in [0.15, 0.2) is 54.7 Å². The van der Waals surface area contributed by atoms with Gasteiger partial charge in [-0.25, -0.2) is 4.39 Å². The Morgan fingerprint density at radius 3 is 2.64 bits per heavy atom. The van der Waals surface area contributed by atoms with Crippen LogP contribution in [0.5, 0.6) is 0 Å². The van der Waals surface area contributed by atoms with E-state index in [-0.39, 0.29) is 5.82 Å². The summed E-state index contributed by atoms with van der Waals surface area (Å²) in [7, 11) is 0. The molecule has 3 aromatic rings. The summed E-state index contributed by atoms with van der Waals surface area (Å²) in [6.07, 6.45) is 0.851. The fourth-order valence-electron chi connectivity index (χ4n) is 2.94. The van der Waals surface area contributed by atoms with Gasteiger partial charge in [-0.1, -0.05) is 24.3 Å². The number of rotatable bonds is 4. The zero-order valence-corrected chi connectivity index (χ0v) is 12.3. The number of aromatic nitrogens is 1. The van der Waals surface area contributed by atoms with E-state index in [4.69, 9.17) is 0 Å². The van der Waals surface area contributed by atoms with E-state index in [1.54, 1.807) is 12.1 Å². The summed E-state index contributed by atoms with van der Waals surface area (Å²) in [5.74, 6) is -0.361. The number of hydrogen-bond donors (Lipinski definition) is 2. The predicted molar refractivity (Wildman–Crippen MR) is 84.3 cm³/mol. The van der Waals surface area contributed by atoms with Crippen LogP contribution in [0.1, 0.15) is 17.2 Å². The zero-order valence-electron chi connectivity index (χ0n) is 12.3. The summed E-state index contributed by atoms with van der Waals surface area (Å²) in [4.78, 5) is 0. The number of aliphatic hydroxyl groups is 2. The molecule has 2 atom stereocenters. The maximum Gasteiger partial charge on any atom is 0.123 e. The molecule has 0 aliphatic rings. The Morgan fingerprint density at radius 2 is 1.91 bits per heavy atom. The fourth-order valence-corrected chi connectivity index (χ4v) is 2.94. The molecule has 0 bridgehead atoms. The lowest BCUT2D eigenvalue weighted by molar-refractivity contribution is 0.0653. The molecule has 0 radical (unpaired) electrons. The molecular formula is C18H18FNO2. The van der Waals surface area contributed by atoms with Gasteiger partial charge in [0.2, 0.25) is 0 Å². The summed E-state index contributed by atoms with van der Waals surface area (Å²) in [6, 6.07) is 13.5. The van der Waals surface area contributed by atoms with Crippen LogP contribution in [-0.2, 0) is 0 Å². The first-order valence-electron chi connectivity index (χ1n) is 7.22. The van der Waals surface area contributed by atoms with E-state index in [2.05, 4.69) is 0 Å². The standard InChI is InChI=1S/C18H18FNO2/c1-12-4-2-7-16-15(12)8-9-20(16)18(17(22)11-21)13-5-3-6-14(19)10-13/h2-10,17-18,21-22H,11H2,1H3/t17-,18+/m1/s1. The number of hydrogen-bond acceptors (Lipinski definition) is 2. The van der Waals surface area contributed by atoms with Crippen molar-refractivity contribution >= 4 is 10.9 Å². The quantitative estimate of drug-likeness (QED) is 0.778. The van der Waals surface area contributed by atoms with Gasteiger partial charge < -0.3 is 14.8 Å². The molecule has 0 saturated heterocycles. The van der Waals surface area contributed by atoms with Gasteiger partial charge in [-0.15, -0.1) is 0 Å². The van der Waals surface area contributed by atoms with Crippen molar-refractivity contribution < 1.29 is 14.6 Å². The topological polar surface area (TPSA) is 45.4 Å². The zero-order chi connectivity index (χ0) is 15.7. The highest BCUT2D eigenvalue weighted by Gasteiger charge is 2.24. The molecule has 1 aromatic heterocycles. The number of benzene rings is 2. The Morgan fingerprint density at radius 1 is 1.14 bits per heavy atom. The summed E-state index contributed by atoms with van der Waals surface area (Å²) < 4.78 is 15.4. The predicted octanol–water partition coefficient (Wildman–Crippen LogP) is 3.03. The van der Waals surface area contributed by atoms with Gasteiger partial charge in [-0.2, -0.15) is 0 Å². The number of aryl methyl sites for hydroxylation is 1. The fraction of sp³-hybridized carbons (Fsp3) is 0.222. The maximum absolute atomic E-state index is 13.6. The van der Waals surface area contributed by atoms with E-state index < -0.39 is 18.8 Å². The van der Waals surface area contributed by atoms with E-state index in [9.17, 15) is 14.6 Å². The third-order valence-corrected chi connectivity index (χ3v) is 4.02. The van der Waals surface area contributed by atoms with Crippen molar-refractivity contribution in [1.82, 2.24) is 4.57 Å². The second-order valence-electron chi connectivity index (χ2n) is 5.48. The van der Waals surface area contributed by atoms with Crippen LogP contribution in [0.25, 0.3) is 10.9 Å². The monoisotopic (exact) mass is 299 g/mol. The van der Waals surface area contributed by atoms with Crippen LogP contribution in [0.2, 0.25) is 0 Å². The van der Waals surface area contributed by atoms with E-state index in [1.807, 2.05) is 42.0 Å². The van der Waals surface area contributed by atoms with Crippen molar-refractivity contribution in [2.75, 3.05) is 6.61 Å². The summed E-state index contributed by atoms with van der Waals surface area (Å²) in [5, 5.41) is 20.8. The molecule has 0 amide bonds. The second kappa shape index (κ2) is 5.91. The second-order valence-corrected chi connectivity index (χ2v) is 5.48. The Labute approximate surface area is 128 Å². The van der Waals surface area contributed by atoms with E-state index in [0.717, 1.165) is 16.5 Å². The van der Waals surface area contributed by atoms with Gasteiger partial charge in [0.05, 0.1) is 12.6 Å². The first-order valence-corrected chi connectivity index (χ1v) is 7.22. The van der Waals surface area contributed by atoms with Crippen LogP contribution in [0.4, 0.5) is 4.39 Å². The molecule has 1 heterocycles. The molecule has 3 nitrogen and oxygen atoms in total. The molecule has 2 N–H and O–H groups in total. The van der Waals surface area contributed by atoms with Crippen LogP contribution in [0, 0.1) is 12.7 Å². The largest absolute Gasteiger partial charge is 0.394 e. The molecular weight excluding hydrogens is 281 g/mol. The molecule has 0 fully saturated rings. The van der Waals surface area contributed by atoms with Crippen molar-refractivity contribution in [3.8, 4) is 0 Å². The van der Waals surface area contributed by atoms with Gasteiger partial charge in [0.25, 0.3) is 0 Å². The molecule has 0 unspecified atom stereocenters. The van der Waals surface area contributed by atoms with Gasteiger partial charge in [0.1, 0.15) is 11.9 Å². The van der Waals surface area contributed by atoms with Gasteiger partial charge in [0, 0.05) is 17.1 Å². The van der Waals surface area contributed by atoms with Crippen LogP contribution in [-0.4, -0.2) is 27.5 Å². The summed E-state index contributed by atoms with van der Waals surface area (Å²) in [6.45, 7) is 1.62. The SMILES string of the molecule is Cc1cccc2c1ccn2[C@@H](c1cccc(F)c1)[C@H](O)CO. The Balaban J connectivity index is 2.19. The average Bonchev–Trinajstić information content (AvgIpc) is 2.93. The third-order valence-electron chi connectivity index (χ3n) is 4.02. The van der Waals surface area contributed by atoms with Crippen molar-refractivity contribution in [1.29, 1.82) is 0 Å². The lowest BCUT2D eigenvalue weighted by Crippen LogP contribution is -2.28. The highest BCUT2D eigenvalue weighted by molar-refractivity contribution is 5.83. The number of nitrogens with zero attached hydrogens (tertiary/aromatic N) is 1. The van der Waals surface area contributed by atoms with Crippen molar-refractivity contribution in [3.05, 3.63) is 71.7 Å². The van der Waals surface area contributed by atoms with Gasteiger partial charge in [-0.05, 0) is 42.3 Å². The molecule has 3 rings (SSSR count). The molecule has 0 spiro atoms. The minimum atomic E-state index is -1.02. The molecule has 0 aliphatic carbocycles. The van der Waals surface area contributed by atoms with Gasteiger partial charge in [0.15, 0.2) is 0 Å². The maximum atomic E-state index is 13.6. The summed E-state index contributed by atoms with van der Waals surface area (Å²) >= 11 is 0. The summed E-state index contributed by atoms with van der Waals surface area (Å²) in [5.41, 5.74) is 2.70. The number of aliphatic hydroxyl groups excluding tert-OH is 2. The molecule has 0 saturated carbocycles. The first-order chi connectivity index (χ1) is 10.6. The minimum Gasteiger partial charge on any atom is -0.394 e. The average molecular weight is 299 g/mol. The Hall–Kier alpha value is -2.17. The van der Waals surface area contributed by atoms with E-state index >= 15 is 0 Å². The number of halogens is 1. The molecule has 2 aromatic carbocycles. The van der Waals surface area contributed by atoms with Crippen molar-refractivity contribution in [2.45, 2.75) is 19.1 Å². The van der Waals surface area contributed by atoms with Crippen molar-refractivity contribution in [3.63, 3.8) is 0 Å². The van der Waals surface area contributed by atoms with Crippen LogP contribution in [0.3, 0.4) is 0 Å². The van der Waals surface area contributed by atoms with E-state index in [0.29, 0.717) is 5.56 Å². The molecule has 0 aliphatic heterocycles. The molecule has 114 valence electrons. The van der Waals surface area contributed by atoms with E-state index in [1.165, 1.54) is 12.1 Å².